The number of hydrogen-bond acceptors (Lipinski definition) is 8. The topological polar surface area (TPSA) is 155 Å². The molecular weight excluding hydrogens is 436 g/mol. The Balaban J connectivity index is 1.64. The van der Waals surface area contributed by atoms with Crippen molar-refractivity contribution in [2.45, 2.75) is 78.0 Å². The number of ketones is 1. The zero-order valence-corrected chi connectivity index (χ0v) is 19.9. The smallest absolute Gasteiger partial charge is 0.343 e. The Labute approximate surface area is 198 Å². The van der Waals surface area contributed by atoms with Gasteiger partial charge in [0.15, 0.2) is 11.9 Å². The fourth-order valence-electron chi connectivity index (χ4n) is 4.86. The zero-order valence-electron chi connectivity index (χ0n) is 19.9. The van der Waals surface area contributed by atoms with Crippen molar-refractivity contribution >= 4 is 23.5 Å². The molecular formula is C24H32N6O4. The molecule has 2 aliphatic carbocycles. The molecule has 2 heterocycles. The van der Waals surface area contributed by atoms with E-state index in [4.69, 9.17) is 16.2 Å². The molecule has 10 heteroatoms. The van der Waals surface area contributed by atoms with Crippen LogP contribution in [0.4, 0.5) is 5.82 Å². The molecule has 0 aliphatic heterocycles. The standard InChI is InChI=1S/C24H32N6O4/c1-13-12-30(16-9-24(2,3)10-17(31)18(13)16)23-27-11-15(20(26)32)21(29-23)28-19(25)22(33)34-14-7-5-4-6-8-14/h11-12,14,19H,4-10,25H2,1-3H3,(H2,26,32)(H,27,28,29). The van der Waals surface area contributed by atoms with Gasteiger partial charge in [0.2, 0.25) is 5.95 Å². The number of anilines is 1. The van der Waals surface area contributed by atoms with Gasteiger partial charge < -0.3 is 21.5 Å². The van der Waals surface area contributed by atoms with E-state index in [9.17, 15) is 14.4 Å². The van der Waals surface area contributed by atoms with E-state index < -0.39 is 18.0 Å². The summed E-state index contributed by atoms with van der Waals surface area (Å²) in [6.07, 6.45) is 7.65. The van der Waals surface area contributed by atoms with Gasteiger partial charge in [-0.2, -0.15) is 4.98 Å². The number of fused-ring (bicyclic) bond motifs is 1. The highest BCUT2D eigenvalue weighted by Gasteiger charge is 2.35. The molecule has 0 aromatic carbocycles. The Bertz CT molecular complexity index is 1130. The second-order valence-electron chi connectivity index (χ2n) is 10.1. The van der Waals surface area contributed by atoms with Gasteiger partial charge in [-0.3, -0.25) is 14.2 Å². The van der Waals surface area contributed by atoms with Crippen molar-refractivity contribution in [3.8, 4) is 5.95 Å². The summed E-state index contributed by atoms with van der Waals surface area (Å²) in [7, 11) is 0. The number of rotatable bonds is 6. The quantitative estimate of drug-likeness (QED) is 0.431. The Hall–Kier alpha value is -3.27. The van der Waals surface area contributed by atoms with Crippen molar-refractivity contribution in [1.82, 2.24) is 14.5 Å². The van der Waals surface area contributed by atoms with Crippen LogP contribution in [0.3, 0.4) is 0 Å². The van der Waals surface area contributed by atoms with E-state index in [0.29, 0.717) is 18.4 Å². The van der Waals surface area contributed by atoms with E-state index in [-0.39, 0.29) is 34.6 Å². The number of aryl methyl sites for hydroxylation is 1. The Morgan fingerprint density at radius 3 is 2.62 bits per heavy atom. The first-order valence-electron chi connectivity index (χ1n) is 11.7. The number of aromatic nitrogens is 3. The van der Waals surface area contributed by atoms with Crippen LogP contribution in [0.25, 0.3) is 5.95 Å². The van der Waals surface area contributed by atoms with Gasteiger partial charge in [0.05, 0.1) is 5.56 Å². The second-order valence-corrected chi connectivity index (χ2v) is 10.1. The molecule has 5 N–H and O–H groups in total. The number of esters is 1. The molecule has 1 amide bonds. The largest absolute Gasteiger partial charge is 0.460 e. The van der Waals surface area contributed by atoms with Crippen LogP contribution in [-0.2, 0) is 16.0 Å². The number of hydrogen-bond donors (Lipinski definition) is 3. The van der Waals surface area contributed by atoms with Crippen molar-refractivity contribution in [2.75, 3.05) is 5.32 Å². The summed E-state index contributed by atoms with van der Waals surface area (Å²) in [5.41, 5.74) is 13.7. The number of amides is 1. The monoisotopic (exact) mass is 468 g/mol. The van der Waals surface area contributed by atoms with Gasteiger partial charge in [-0.1, -0.05) is 20.3 Å². The lowest BCUT2D eigenvalue weighted by atomic mass is 9.75. The number of nitrogens with two attached hydrogens (primary N) is 2. The van der Waals surface area contributed by atoms with Crippen LogP contribution in [-0.4, -0.2) is 44.5 Å². The van der Waals surface area contributed by atoms with Crippen LogP contribution in [0.15, 0.2) is 12.4 Å². The zero-order chi connectivity index (χ0) is 24.6. The predicted octanol–water partition coefficient (Wildman–Crippen LogP) is 2.40. The molecule has 1 saturated carbocycles. The van der Waals surface area contributed by atoms with Gasteiger partial charge >= 0.3 is 5.97 Å². The molecule has 2 aromatic heterocycles. The maximum absolute atomic E-state index is 12.8. The van der Waals surface area contributed by atoms with Crippen LogP contribution in [0.5, 0.6) is 0 Å². The van der Waals surface area contributed by atoms with Crippen LogP contribution in [0.1, 0.15) is 84.3 Å². The summed E-state index contributed by atoms with van der Waals surface area (Å²) in [4.78, 5) is 46.1. The molecule has 1 unspecified atom stereocenters. The van der Waals surface area contributed by atoms with E-state index in [1.807, 2.05) is 27.0 Å². The van der Waals surface area contributed by atoms with Gasteiger partial charge in [0.1, 0.15) is 11.9 Å². The minimum atomic E-state index is -1.23. The van der Waals surface area contributed by atoms with Crippen LogP contribution in [0.2, 0.25) is 0 Å². The molecule has 182 valence electrons. The lowest BCUT2D eigenvalue weighted by Gasteiger charge is -2.29. The van der Waals surface area contributed by atoms with Crippen molar-refractivity contribution < 1.29 is 19.1 Å². The Morgan fingerprint density at radius 1 is 1.24 bits per heavy atom. The average Bonchev–Trinajstić information content (AvgIpc) is 3.09. The molecule has 1 atom stereocenters. The fourth-order valence-corrected chi connectivity index (χ4v) is 4.86. The molecule has 34 heavy (non-hydrogen) atoms. The third-order valence-electron chi connectivity index (χ3n) is 6.50. The second kappa shape index (κ2) is 9.17. The van der Waals surface area contributed by atoms with E-state index in [2.05, 4.69) is 15.3 Å². The highest BCUT2D eigenvalue weighted by Crippen LogP contribution is 2.37. The minimum Gasteiger partial charge on any atom is -0.460 e. The van der Waals surface area contributed by atoms with Gasteiger partial charge in [-0.15, -0.1) is 0 Å². The van der Waals surface area contributed by atoms with Gasteiger partial charge in [0, 0.05) is 30.1 Å². The lowest BCUT2D eigenvalue weighted by Crippen LogP contribution is -2.42. The van der Waals surface area contributed by atoms with Crippen molar-refractivity contribution in [3.05, 3.63) is 34.8 Å². The molecule has 4 rings (SSSR count). The molecule has 1 fully saturated rings. The number of Topliss-reactive ketones (excluding diaryl/α,β-unsaturated/α-hetero) is 1. The van der Waals surface area contributed by atoms with Crippen molar-refractivity contribution in [3.63, 3.8) is 0 Å². The maximum atomic E-state index is 12.8. The summed E-state index contributed by atoms with van der Waals surface area (Å²) >= 11 is 0. The van der Waals surface area contributed by atoms with Crippen LogP contribution in [0, 0.1) is 12.3 Å². The number of ether oxygens (including phenoxy) is 1. The summed E-state index contributed by atoms with van der Waals surface area (Å²) in [5.74, 6) is -1.02. The predicted molar refractivity (Wildman–Crippen MR) is 126 cm³/mol. The third-order valence-corrected chi connectivity index (χ3v) is 6.50. The van der Waals surface area contributed by atoms with Gasteiger partial charge in [-0.25, -0.2) is 9.78 Å². The molecule has 0 saturated heterocycles. The first kappa shape index (κ1) is 23.9. The van der Waals surface area contributed by atoms with E-state index >= 15 is 0 Å². The summed E-state index contributed by atoms with van der Waals surface area (Å²) in [6, 6.07) is 0. The summed E-state index contributed by atoms with van der Waals surface area (Å²) in [5, 5.41) is 2.77. The van der Waals surface area contributed by atoms with Crippen LogP contribution < -0.4 is 16.8 Å². The Morgan fingerprint density at radius 2 is 1.94 bits per heavy atom. The van der Waals surface area contributed by atoms with Gasteiger partial charge in [0.25, 0.3) is 5.91 Å². The highest BCUT2D eigenvalue weighted by molar-refractivity contribution is 6.00. The molecule has 0 radical (unpaired) electrons. The lowest BCUT2D eigenvalue weighted by molar-refractivity contribution is -0.151. The third kappa shape index (κ3) is 4.82. The number of carbonyl (C=O) groups is 3. The summed E-state index contributed by atoms with van der Waals surface area (Å²) < 4.78 is 7.28. The summed E-state index contributed by atoms with van der Waals surface area (Å²) in [6.45, 7) is 5.96. The van der Waals surface area contributed by atoms with E-state index in [0.717, 1.165) is 43.4 Å². The first-order chi connectivity index (χ1) is 16.1. The average molecular weight is 469 g/mol. The van der Waals surface area contributed by atoms with E-state index in [1.54, 1.807) is 4.57 Å². The van der Waals surface area contributed by atoms with Crippen molar-refractivity contribution in [2.24, 2.45) is 16.9 Å². The normalized spacial score (nSPS) is 18.8. The van der Waals surface area contributed by atoms with Gasteiger partial charge in [-0.05, 0) is 50.0 Å². The number of nitrogens with zero attached hydrogens (tertiary/aromatic N) is 3. The number of nitrogens with one attached hydrogen (secondary N) is 1. The Kier molecular flexibility index (Phi) is 6.44. The molecule has 2 aromatic rings. The fraction of sp³-hybridized carbons (Fsp3) is 0.542. The van der Waals surface area contributed by atoms with E-state index in [1.165, 1.54) is 6.20 Å². The molecule has 0 spiro atoms. The minimum absolute atomic E-state index is 0.00109. The highest BCUT2D eigenvalue weighted by atomic mass is 16.5. The number of primary amides is 1. The number of carbonyl (C=O) groups excluding carboxylic acids is 3. The maximum Gasteiger partial charge on any atom is 0.343 e. The molecule has 2 aliphatic rings. The molecule has 0 bridgehead atoms. The SMILES string of the molecule is Cc1cn(-c2ncc(C(N)=O)c(NC(N)C(=O)OC3CCCCC3)n2)c2c1C(=O)CC(C)(C)C2. The molecule has 10 nitrogen and oxygen atoms in total. The van der Waals surface area contributed by atoms with Crippen molar-refractivity contribution in [1.29, 1.82) is 0 Å². The first-order valence-corrected chi connectivity index (χ1v) is 11.7. The van der Waals surface area contributed by atoms with Crippen LogP contribution >= 0.6 is 0 Å².